The van der Waals surface area contributed by atoms with Crippen LogP contribution in [0.4, 0.5) is 5.69 Å². The Balaban J connectivity index is 2.13. The van der Waals surface area contributed by atoms with Gasteiger partial charge in [0.2, 0.25) is 11.8 Å². The third kappa shape index (κ3) is 1.75. The van der Waals surface area contributed by atoms with Crippen molar-refractivity contribution in [1.29, 1.82) is 0 Å². The molecule has 1 saturated heterocycles. The molecule has 1 fully saturated rings. The van der Waals surface area contributed by atoms with E-state index in [1.807, 2.05) is 0 Å². The van der Waals surface area contributed by atoms with Gasteiger partial charge in [-0.25, -0.2) is 0 Å². The molecule has 2 amide bonds. The van der Waals surface area contributed by atoms with Crippen LogP contribution in [-0.4, -0.2) is 21.7 Å². The normalized spacial score (nSPS) is 18.8. The fraction of sp³-hybridized carbons (Fsp3) is 0.167. The van der Waals surface area contributed by atoms with Gasteiger partial charge in [-0.1, -0.05) is 0 Å². The Morgan fingerprint density at radius 1 is 1.32 bits per heavy atom. The SMILES string of the molecule is O=C1C[C@@H](c2c[nH]c3ccc([N+](=O)[O-])cc23)C(=O)N1. The highest BCUT2D eigenvalue weighted by molar-refractivity contribution is 6.08. The zero-order valence-corrected chi connectivity index (χ0v) is 9.67. The topological polar surface area (TPSA) is 105 Å². The Labute approximate surface area is 106 Å². The summed E-state index contributed by atoms with van der Waals surface area (Å²) in [5, 5.41) is 13.6. The molecule has 0 radical (unpaired) electrons. The number of amides is 2. The van der Waals surface area contributed by atoms with Crippen molar-refractivity contribution >= 4 is 28.4 Å². The van der Waals surface area contributed by atoms with Crippen molar-refractivity contribution in [3.8, 4) is 0 Å². The van der Waals surface area contributed by atoms with Gasteiger partial charge in [0.05, 0.1) is 10.8 Å². The average Bonchev–Trinajstić information content (AvgIpc) is 2.91. The Morgan fingerprint density at radius 2 is 2.11 bits per heavy atom. The third-order valence-corrected chi connectivity index (χ3v) is 3.25. The molecule has 3 rings (SSSR count). The van der Waals surface area contributed by atoms with E-state index in [1.54, 1.807) is 12.3 Å². The first-order chi connectivity index (χ1) is 9.06. The molecule has 1 atom stereocenters. The fourth-order valence-electron chi connectivity index (χ4n) is 2.34. The summed E-state index contributed by atoms with van der Waals surface area (Å²) in [6.45, 7) is 0. The molecule has 1 aliphatic heterocycles. The molecule has 2 N–H and O–H groups in total. The molecule has 7 heteroatoms. The van der Waals surface area contributed by atoms with Gasteiger partial charge in [-0.2, -0.15) is 0 Å². The number of carbonyl (C=O) groups is 2. The van der Waals surface area contributed by atoms with Crippen molar-refractivity contribution in [3.05, 3.63) is 40.1 Å². The smallest absolute Gasteiger partial charge is 0.270 e. The maximum atomic E-state index is 11.7. The second-order valence-electron chi connectivity index (χ2n) is 4.40. The van der Waals surface area contributed by atoms with Crippen molar-refractivity contribution in [3.63, 3.8) is 0 Å². The number of fused-ring (bicyclic) bond motifs is 1. The van der Waals surface area contributed by atoms with Crippen molar-refractivity contribution < 1.29 is 14.5 Å². The number of hydrogen-bond acceptors (Lipinski definition) is 4. The number of nitro benzene ring substituents is 1. The summed E-state index contributed by atoms with van der Waals surface area (Å²) in [5.41, 5.74) is 1.27. The molecule has 1 aromatic heterocycles. The van der Waals surface area contributed by atoms with E-state index in [-0.39, 0.29) is 23.9 Å². The van der Waals surface area contributed by atoms with Crippen LogP contribution >= 0.6 is 0 Å². The van der Waals surface area contributed by atoms with Crippen molar-refractivity contribution in [1.82, 2.24) is 10.3 Å². The Hall–Kier alpha value is -2.70. The number of rotatable bonds is 2. The molecule has 2 heterocycles. The molecular weight excluding hydrogens is 250 g/mol. The molecule has 0 aliphatic carbocycles. The number of aromatic nitrogens is 1. The largest absolute Gasteiger partial charge is 0.361 e. The second-order valence-corrected chi connectivity index (χ2v) is 4.40. The number of non-ortho nitro benzene ring substituents is 1. The first kappa shape index (κ1) is 11.4. The molecule has 1 aliphatic rings. The highest BCUT2D eigenvalue weighted by atomic mass is 16.6. The van der Waals surface area contributed by atoms with E-state index in [2.05, 4.69) is 10.3 Å². The number of benzene rings is 1. The van der Waals surface area contributed by atoms with Gasteiger partial charge < -0.3 is 4.98 Å². The molecule has 1 aromatic carbocycles. The van der Waals surface area contributed by atoms with Crippen LogP contribution < -0.4 is 5.32 Å². The predicted molar refractivity (Wildman–Crippen MR) is 65.5 cm³/mol. The van der Waals surface area contributed by atoms with Crippen LogP contribution in [0.2, 0.25) is 0 Å². The van der Waals surface area contributed by atoms with Crippen LogP contribution in [0.3, 0.4) is 0 Å². The van der Waals surface area contributed by atoms with Gasteiger partial charge in [0.25, 0.3) is 5.69 Å². The van der Waals surface area contributed by atoms with Crippen LogP contribution in [-0.2, 0) is 9.59 Å². The number of nitrogens with zero attached hydrogens (tertiary/aromatic N) is 1. The summed E-state index contributed by atoms with van der Waals surface area (Å²) in [4.78, 5) is 36.1. The zero-order valence-electron chi connectivity index (χ0n) is 9.67. The predicted octanol–water partition coefficient (Wildman–Crippen LogP) is 1.21. The molecule has 0 bridgehead atoms. The van der Waals surface area contributed by atoms with E-state index < -0.39 is 10.8 Å². The first-order valence-electron chi connectivity index (χ1n) is 5.65. The fourth-order valence-corrected chi connectivity index (χ4v) is 2.34. The van der Waals surface area contributed by atoms with E-state index >= 15 is 0 Å². The van der Waals surface area contributed by atoms with Crippen molar-refractivity contribution in [2.24, 2.45) is 0 Å². The van der Waals surface area contributed by atoms with E-state index in [4.69, 9.17) is 0 Å². The van der Waals surface area contributed by atoms with Crippen LogP contribution in [0.1, 0.15) is 17.9 Å². The van der Waals surface area contributed by atoms with Gasteiger partial charge in [-0.05, 0) is 11.6 Å². The number of carbonyl (C=O) groups excluding carboxylic acids is 2. The van der Waals surface area contributed by atoms with E-state index in [0.29, 0.717) is 16.5 Å². The van der Waals surface area contributed by atoms with Crippen LogP contribution in [0.5, 0.6) is 0 Å². The van der Waals surface area contributed by atoms with Gasteiger partial charge in [-0.3, -0.25) is 25.0 Å². The van der Waals surface area contributed by atoms with Crippen molar-refractivity contribution in [2.75, 3.05) is 0 Å². The first-order valence-corrected chi connectivity index (χ1v) is 5.65. The van der Waals surface area contributed by atoms with Gasteiger partial charge in [0.15, 0.2) is 0 Å². The monoisotopic (exact) mass is 259 g/mol. The minimum Gasteiger partial charge on any atom is -0.361 e. The van der Waals surface area contributed by atoms with Crippen LogP contribution in [0.15, 0.2) is 24.4 Å². The Morgan fingerprint density at radius 3 is 2.74 bits per heavy atom. The minimum atomic E-state index is -0.580. The van der Waals surface area contributed by atoms with Crippen LogP contribution in [0.25, 0.3) is 10.9 Å². The molecule has 0 spiro atoms. The quantitative estimate of drug-likeness (QED) is 0.480. The molecule has 96 valence electrons. The van der Waals surface area contributed by atoms with Gasteiger partial charge >= 0.3 is 0 Å². The molecular formula is C12H9N3O4. The number of H-pyrrole nitrogens is 1. The maximum Gasteiger partial charge on any atom is 0.270 e. The highest BCUT2D eigenvalue weighted by Crippen LogP contribution is 2.32. The molecule has 0 saturated carbocycles. The molecule has 7 nitrogen and oxygen atoms in total. The number of aromatic amines is 1. The second kappa shape index (κ2) is 3.91. The number of imide groups is 1. The van der Waals surface area contributed by atoms with Gasteiger partial charge in [0.1, 0.15) is 0 Å². The summed E-state index contributed by atoms with van der Waals surface area (Å²) in [6, 6.07) is 4.39. The lowest BCUT2D eigenvalue weighted by Crippen LogP contribution is -2.21. The lowest BCUT2D eigenvalue weighted by Gasteiger charge is -2.03. The summed E-state index contributed by atoms with van der Waals surface area (Å²) in [7, 11) is 0. The van der Waals surface area contributed by atoms with Crippen molar-refractivity contribution in [2.45, 2.75) is 12.3 Å². The summed E-state index contributed by atoms with van der Waals surface area (Å²) in [5.74, 6) is -1.27. The van der Waals surface area contributed by atoms with E-state index in [0.717, 1.165) is 0 Å². The van der Waals surface area contributed by atoms with Crippen LogP contribution in [0, 0.1) is 10.1 Å². The zero-order chi connectivity index (χ0) is 13.6. The van der Waals surface area contributed by atoms with Gasteiger partial charge in [0, 0.05) is 35.7 Å². The lowest BCUT2D eigenvalue weighted by atomic mass is 9.97. The third-order valence-electron chi connectivity index (χ3n) is 3.25. The van der Waals surface area contributed by atoms with E-state index in [9.17, 15) is 19.7 Å². The summed E-state index contributed by atoms with van der Waals surface area (Å²) < 4.78 is 0. The summed E-state index contributed by atoms with van der Waals surface area (Å²) in [6.07, 6.45) is 1.70. The number of nitro groups is 1. The average molecular weight is 259 g/mol. The van der Waals surface area contributed by atoms with E-state index in [1.165, 1.54) is 12.1 Å². The molecule has 2 aromatic rings. The molecule has 0 unspecified atom stereocenters. The Bertz CT molecular complexity index is 719. The number of hydrogen-bond donors (Lipinski definition) is 2. The highest BCUT2D eigenvalue weighted by Gasteiger charge is 2.33. The summed E-state index contributed by atoms with van der Waals surface area (Å²) >= 11 is 0. The number of nitrogens with one attached hydrogen (secondary N) is 2. The standard InChI is InChI=1S/C12H9N3O4/c16-11-4-8(12(17)14-11)9-5-13-10-2-1-6(15(18)19)3-7(9)10/h1-3,5,8,13H,4H2,(H,14,16,17)/t8-/m0/s1. The van der Waals surface area contributed by atoms with Gasteiger partial charge in [-0.15, -0.1) is 0 Å². The molecule has 19 heavy (non-hydrogen) atoms. The maximum absolute atomic E-state index is 11.7. The minimum absolute atomic E-state index is 0.0434. The Kier molecular flexibility index (Phi) is 2.34. The lowest BCUT2D eigenvalue weighted by molar-refractivity contribution is -0.384.